The highest BCUT2D eigenvalue weighted by atomic mass is 16.5. The lowest BCUT2D eigenvalue weighted by atomic mass is 10.2. The summed E-state index contributed by atoms with van der Waals surface area (Å²) < 4.78 is 4.96. The van der Waals surface area contributed by atoms with Crippen molar-refractivity contribution in [2.45, 2.75) is 20.0 Å². The molecule has 0 saturated carbocycles. The minimum absolute atomic E-state index is 0.189. The van der Waals surface area contributed by atoms with Crippen molar-refractivity contribution >= 4 is 11.6 Å². The Morgan fingerprint density at radius 1 is 1.47 bits per heavy atom. The topological polar surface area (TPSA) is 79.9 Å². The first-order valence-electron chi connectivity index (χ1n) is 5.93. The summed E-state index contributed by atoms with van der Waals surface area (Å²) in [5.74, 6) is 1.16. The Morgan fingerprint density at radius 2 is 2.26 bits per heavy atom. The van der Waals surface area contributed by atoms with Crippen LogP contribution in [0.2, 0.25) is 0 Å². The molecule has 1 heterocycles. The number of carbonyl (C=O) groups is 1. The van der Waals surface area contributed by atoms with Gasteiger partial charge in [0.15, 0.2) is 5.82 Å². The van der Waals surface area contributed by atoms with Gasteiger partial charge in [-0.25, -0.2) is 4.98 Å². The minimum atomic E-state index is -0.491. The molecule has 6 heteroatoms. The maximum absolute atomic E-state index is 11.7. The summed E-state index contributed by atoms with van der Waals surface area (Å²) in [4.78, 5) is 16.0. The van der Waals surface area contributed by atoms with Gasteiger partial charge in [0.05, 0.1) is 0 Å². The highest BCUT2D eigenvalue weighted by Gasteiger charge is 2.12. The van der Waals surface area contributed by atoms with Crippen molar-refractivity contribution in [1.29, 1.82) is 0 Å². The van der Waals surface area contributed by atoms with Gasteiger partial charge in [0.1, 0.15) is 11.9 Å². The van der Waals surface area contributed by atoms with Crippen LogP contribution in [0.1, 0.15) is 12.7 Å². The Hall–Kier alpha value is -2.21. The third kappa shape index (κ3) is 3.17. The van der Waals surface area contributed by atoms with Crippen molar-refractivity contribution < 1.29 is 9.53 Å². The zero-order valence-corrected chi connectivity index (χ0v) is 11.1. The van der Waals surface area contributed by atoms with Crippen LogP contribution in [0.4, 0.5) is 5.69 Å². The van der Waals surface area contributed by atoms with Crippen molar-refractivity contribution in [1.82, 2.24) is 15.2 Å². The summed E-state index contributed by atoms with van der Waals surface area (Å²) in [7, 11) is 1.50. The quantitative estimate of drug-likeness (QED) is 0.877. The minimum Gasteiger partial charge on any atom is -0.372 e. The summed E-state index contributed by atoms with van der Waals surface area (Å²) in [6, 6.07) is 7.36. The summed E-state index contributed by atoms with van der Waals surface area (Å²) in [6.45, 7) is 3.53. The van der Waals surface area contributed by atoms with Crippen molar-refractivity contribution in [3.63, 3.8) is 0 Å². The first-order valence-corrected chi connectivity index (χ1v) is 5.93. The van der Waals surface area contributed by atoms with E-state index >= 15 is 0 Å². The third-order valence-corrected chi connectivity index (χ3v) is 2.71. The second kappa shape index (κ2) is 5.62. The van der Waals surface area contributed by atoms with Gasteiger partial charge in [0.25, 0.3) is 5.91 Å². The number of methoxy groups -OCH3 is 1. The fraction of sp³-hybridized carbons (Fsp3) is 0.308. The fourth-order valence-electron chi connectivity index (χ4n) is 1.56. The number of hydrogen-bond acceptors (Lipinski definition) is 4. The van der Waals surface area contributed by atoms with Crippen molar-refractivity contribution in [2.24, 2.45) is 0 Å². The normalized spacial score (nSPS) is 12.2. The van der Waals surface area contributed by atoms with E-state index in [4.69, 9.17) is 4.74 Å². The molecule has 1 amide bonds. The Kier molecular flexibility index (Phi) is 3.91. The van der Waals surface area contributed by atoms with Gasteiger partial charge in [-0.15, -0.1) is 0 Å². The molecular formula is C13H16N4O2. The number of anilines is 1. The van der Waals surface area contributed by atoms with E-state index in [0.717, 1.165) is 11.4 Å². The lowest BCUT2D eigenvalue weighted by Gasteiger charge is -2.10. The Bertz CT molecular complexity index is 580. The standard InChI is InChI=1S/C13H16N4O2/c1-8(19-3)13(18)15-11-6-4-5-10(7-11)12-14-9(2)16-17-12/h4-8H,1-3H3,(H,15,18)(H,14,16,17). The molecule has 2 rings (SSSR count). The summed E-state index contributed by atoms with van der Waals surface area (Å²) in [6.07, 6.45) is -0.491. The molecule has 0 aliphatic rings. The van der Waals surface area contributed by atoms with E-state index in [1.54, 1.807) is 6.92 Å². The van der Waals surface area contributed by atoms with Gasteiger partial charge in [-0.3, -0.25) is 9.89 Å². The van der Waals surface area contributed by atoms with E-state index in [1.807, 2.05) is 31.2 Å². The number of aryl methyl sites for hydroxylation is 1. The number of hydrogen-bond donors (Lipinski definition) is 2. The molecular weight excluding hydrogens is 244 g/mol. The van der Waals surface area contributed by atoms with Crippen molar-refractivity contribution in [3.8, 4) is 11.4 Å². The lowest BCUT2D eigenvalue weighted by molar-refractivity contribution is -0.124. The summed E-state index contributed by atoms with van der Waals surface area (Å²) in [5, 5.41) is 9.65. The number of aromatic nitrogens is 3. The van der Waals surface area contributed by atoms with Crippen LogP contribution in [-0.2, 0) is 9.53 Å². The first-order chi connectivity index (χ1) is 9.10. The van der Waals surface area contributed by atoms with Crippen LogP contribution in [0.15, 0.2) is 24.3 Å². The second-order valence-electron chi connectivity index (χ2n) is 4.19. The van der Waals surface area contributed by atoms with E-state index < -0.39 is 6.10 Å². The molecule has 6 nitrogen and oxygen atoms in total. The molecule has 0 saturated heterocycles. The molecule has 0 bridgehead atoms. The molecule has 100 valence electrons. The second-order valence-corrected chi connectivity index (χ2v) is 4.19. The molecule has 0 spiro atoms. The van der Waals surface area contributed by atoms with Crippen LogP contribution >= 0.6 is 0 Å². The molecule has 0 fully saturated rings. The number of carbonyl (C=O) groups excluding carboxylic acids is 1. The Morgan fingerprint density at radius 3 is 2.89 bits per heavy atom. The zero-order chi connectivity index (χ0) is 13.8. The van der Waals surface area contributed by atoms with Gasteiger partial charge in [-0.1, -0.05) is 12.1 Å². The van der Waals surface area contributed by atoms with Gasteiger partial charge in [-0.05, 0) is 26.0 Å². The number of aromatic amines is 1. The number of amides is 1. The monoisotopic (exact) mass is 260 g/mol. The van der Waals surface area contributed by atoms with E-state index in [9.17, 15) is 4.79 Å². The van der Waals surface area contributed by atoms with Crippen molar-refractivity contribution in [2.75, 3.05) is 12.4 Å². The average Bonchev–Trinajstić information content (AvgIpc) is 2.84. The van der Waals surface area contributed by atoms with E-state index in [1.165, 1.54) is 7.11 Å². The lowest BCUT2D eigenvalue weighted by Crippen LogP contribution is -2.26. The van der Waals surface area contributed by atoms with E-state index in [-0.39, 0.29) is 5.91 Å². The number of nitrogens with zero attached hydrogens (tertiary/aromatic N) is 2. The third-order valence-electron chi connectivity index (χ3n) is 2.71. The number of ether oxygens (including phenoxy) is 1. The zero-order valence-electron chi connectivity index (χ0n) is 11.1. The highest BCUT2D eigenvalue weighted by Crippen LogP contribution is 2.19. The number of H-pyrrole nitrogens is 1. The van der Waals surface area contributed by atoms with Crippen LogP contribution in [-0.4, -0.2) is 34.3 Å². The summed E-state index contributed by atoms with van der Waals surface area (Å²) >= 11 is 0. The average molecular weight is 260 g/mol. The van der Waals surface area contributed by atoms with Gasteiger partial charge in [-0.2, -0.15) is 5.10 Å². The SMILES string of the molecule is COC(C)C(=O)Nc1cccc(-c2n[nH]c(C)n2)c1. The predicted molar refractivity (Wildman–Crippen MR) is 71.7 cm³/mol. The van der Waals surface area contributed by atoms with Crippen molar-refractivity contribution in [3.05, 3.63) is 30.1 Å². The fourth-order valence-corrected chi connectivity index (χ4v) is 1.56. The van der Waals surface area contributed by atoms with Crippen LogP contribution < -0.4 is 5.32 Å². The largest absolute Gasteiger partial charge is 0.372 e. The van der Waals surface area contributed by atoms with Crippen LogP contribution in [0, 0.1) is 6.92 Å². The predicted octanol–water partition coefficient (Wildman–Crippen LogP) is 1.75. The smallest absolute Gasteiger partial charge is 0.253 e. The molecule has 1 aromatic carbocycles. The molecule has 1 aromatic heterocycles. The maximum Gasteiger partial charge on any atom is 0.253 e. The van der Waals surface area contributed by atoms with Crippen LogP contribution in [0.3, 0.4) is 0 Å². The van der Waals surface area contributed by atoms with Gasteiger partial charge < -0.3 is 10.1 Å². The van der Waals surface area contributed by atoms with Crippen LogP contribution in [0.25, 0.3) is 11.4 Å². The van der Waals surface area contributed by atoms with Gasteiger partial charge in [0, 0.05) is 18.4 Å². The Labute approximate surface area is 111 Å². The molecule has 1 atom stereocenters. The first kappa shape index (κ1) is 13.2. The molecule has 0 aliphatic carbocycles. The van der Waals surface area contributed by atoms with Gasteiger partial charge >= 0.3 is 0 Å². The van der Waals surface area contributed by atoms with Gasteiger partial charge in [0.2, 0.25) is 0 Å². The number of rotatable bonds is 4. The molecule has 2 aromatic rings. The van der Waals surface area contributed by atoms with E-state index in [0.29, 0.717) is 11.5 Å². The molecule has 0 aliphatic heterocycles. The summed E-state index contributed by atoms with van der Waals surface area (Å²) in [5.41, 5.74) is 1.53. The Balaban J connectivity index is 2.18. The van der Waals surface area contributed by atoms with Crippen LogP contribution in [0.5, 0.6) is 0 Å². The highest BCUT2D eigenvalue weighted by molar-refractivity contribution is 5.94. The number of benzene rings is 1. The van der Waals surface area contributed by atoms with E-state index in [2.05, 4.69) is 20.5 Å². The maximum atomic E-state index is 11.7. The molecule has 2 N–H and O–H groups in total. The number of nitrogens with one attached hydrogen (secondary N) is 2. The molecule has 1 unspecified atom stereocenters. The molecule has 19 heavy (non-hydrogen) atoms. The molecule has 0 radical (unpaired) electrons.